The highest BCUT2D eigenvalue weighted by Gasteiger charge is 2.39. The van der Waals surface area contributed by atoms with Crippen molar-refractivity contribution in [3.63, 3.8) is 0 Å². The van der Waals surface area contributed by atoms with Gasteiger partial charge in [-0.25, -0.2) is 0 Å². The van der Waals surface area contributed by atoms with Crippen molar-refractivity contribution in [1.29, 1.82) is 0 Å². The Balaban J connectivity index is 1.59. The summed E-state index contributed by atoms with van der Waals surface area (Å²) in [6.07, 6.45) is 9.02. The molecule has 6 nitrogen and oxygen atoms in total. The highest BCUT2D eigenvalue weighted by atomic mass is 16.5. The number of aromatic nitrogens is 1. The van der Waals surface area contributed by atoms with Crippen LogP contribution in [0.2, 0.25) is 0 Å². The summed E-state index contributed by atoms with van der Waals surface area (Å²) in [4.78, 5) is 7.63. The first-order valence-electron chi connectivity index (χ1n) is 9.78. The van der Waals surface area contributed by atoms with Crippen LogP contribution in [-0.2, 0) is 11.3 Å². The molecule has 1 aromatic heterocycles. The second-order valence-electron chi connectivity index (χ2n) is 7.07. The zero-order valence-corrected chi connectivity index (χ0v) is 15.5. The van der Waals surface area contributed by atoms with Crippen molar-refractivity contribution in [1.82, 2.24) is 20.1 Å². The van der Waals surface area contributed by atoms with Gasteiger partial charge >= 0.3 is 0 Å². The van der Waals surface area contributed by atoms with Crippen molar-refractivity contribution in [3.05, 3.63) is 24.5 Å². The Bertz CT molecular complexity index is 516. The minimum Gasteiger partial charge on any atom is -0.381 e. The molecule has 2 saturated heterocycles. The van der Waals surface area contributed by atoms with E-state index in [1.54, 1.807) is 0 Å². The van der Waals surface area contributed by atoms with E-state index in [4.69, 9.17) is 9.73 Å². The molecule has 2 aliphatic heterocycles. The van der Waals surface area contributed by atoms with Crippen molar-refractivity contribution in [3.8, 4) is 0 Å². The van der Waals surface area contributed by atoms with Crippen LogP contribution in [-0.4, -0.2) is 66.9 Å². The maximum Gasteiger partial charge on any atom is 0.191 e. The molecule has 140 valence electrons. The van der Waals surface area contributed by atoms with E-state index in [1.165, 1.54) is 25.9 Å². The number of nitrogens with one attached hydrogen (secondary N) is 2. The maximum atomic E-state index is 5.64. The van der Waals surface area contributed by atoms with Gasteiger partial charge in [0.15, 0.2) is 5.96 Å². The van der Waals surface area contributed by atoms with E-state index in [2.05, 4.69) is 51.6 Å². The molecule has 0 bridgehead atoms. The Morgan fingerprint density at radius 3 is 2.52 bits per heavy atom. The Morgan fingerprint density at radius 1 is 1.12 bits per heavy atom. The predicted octanol–water partition coefficient (Wildman–Crippen LogP) is 1.69. The fourth-order valence-electron chi connectivity index (χ4n) is 3.91. The van der Waals surface area contributed by atoms with Crippen LogP contribution in [0.4, 0.5) is 0 Å². The number of ether oxygens (including phenoxy) is 1. The largest absolute Gasteiger partial charge is 0.381 e. The van der Waals surface area contributed by atoms with E-state index in [-0.39, 0.29) is 5.54 Å². The SMILES string of the molecule is CCNC(=NCC1(N2CCCC2)CCOCC1)NCCn1cccc1. The Labute approximate surface area is 151 Å². The number of hydrogen-bond donors (Lipinski definition) is 2. The highest BCUT2D eigenvalue weighted by Crippen LogP contribution is 2.31. The third-order valence-corrected chi connectivity index (χ3v) is 5.40. The molecule has 3 rings (SSSR count). The van der Waals surface area contributed by atoms with Gasteiger partial charge in [0, 0.05) is 50.8 Å². The van der Waals surface area contributed by atoms with Gasteiger partial charge < -0.3 is 19.9 Å². The maximum absolute atomic E-state index is 5.64. The molecule has 0 radical (unpaired) electrons. The molecule has 1 aromatic rings. The summed E-state index contributed by atoms with van der Waals surface area (Å²) in [7, 11) is 0. The Hall–Kier alpha value is -1.53. The summed E-state index contributed by atoms with van der Waals surface area (Å²) in [6, 6.07) is 4.12. The Kier molecular flexibility index (Phi) is 6.76. The van der Waals surface area contributed by atoms with Gasteiger partial charge in [0.05, 0.1) is 6.54 Å². The monoisotopic (exact) mass is 347 g/mol. The zero-order chi connectivity index (χ0) is 17.4. The summed E-state index contributed by atoms with van der Waals surface area (Å²) < 4.78 is 7.82. The summed E-state index contributed by atoms with van der Waals surface area (Å²) in [5.41, 5.74) is 0.192. The second kappa shape index (κ2) is 9.25. The molecule has 0 unspecified atom stereocenters. The van der Waals surface area contributed by atoms with Crippen LogP contribution < -0.4 is 10.6 Å². The van der Waals surface area contributed by atoms with Crippen LogP contribution in [0, 0.1) is 0 Å². The molecule has 0 atom stereocenters. The van der Waals surface area contributed by atoms with Gasteiger partial charge in [0.1, 0.15) is 0 Å². The van der Waals surface area contributed by atoms with Crippen LogP contribution in [0.5, 0.6) is 0 Å². The third kappa shape index (κ3) is 4.98. The van der Waals surface area contributed by atoms with E-state index in [9.17, 15) is 0 Å². The molecular formula is C19H33N5O. The van der Waals surface area contributed by atoms with Crippen LogP contribution in [0.1, 0.15) is 32.6 Å². The third-order valence-electron chi connectivity index (χ3n) is 5.40. The van der Waals surface area contributed by atoms with Crippen LogP contribution in [0.25, 0.3) is 0 Å². The van der Waals surface area contributed by atoms with Crippen LogP contribution >= 0.6 is 0 Å². The molecule has 0 aliphatic carbocycles. The van der Waals surface area contributed by atoms with Gasteiger partial charge in [0.2, 0.25) is 0 Å². The van der Waals surface area contributed by atoms with E-state index in [0.717, 1.165) is 58.2 Å². The standard InChI is InChI=1S/C19H33N5O/c1-2-20-18(21-9-14-23-10-3-4-11-23)22-17-19(7-15-25-16-8-19)24-12-5-6-13-24/h3-4,10-11H,2,5-9,12-17H2,1H3,(H2,20,21,22). The molecule has 2 aliphatic rings. The predicted molar refractivity (Wildman–Crippen MR) is 102 cm³/mol. The van der Waals surface area contributed by atoms with Gasteiger partial charge in [-0.2, -0.15) is 0 Å². The van der Waals surface area contributed by atoms with Gasteiger partial charge in [-0.3, -0.25) is 9.89 Å². The fourth-order valence-corrected chi connectivity index (χ4v) is 3.91. The van der Waals surface area contributed by atoms with Gasteiger partial charge in [-0.05, 0) is 57.8 Å². The van der Waals surface area contributed by atoms with Crippen molar-refractivity contribution in [2.24, 2.45) is 4.99 Å². The topological polar surface area (TPSA) is 53.8 Å². The fraction of sp³-hybridized carbons (Fsp3) is 0.737. The van der Waals surface area contributed by atoms with E-state index < -0.39 is 0 Å². The molecule has 2 N–H and O–H groups in total. The minimum atomic E-state index is 0.192. The van der Waals surface area contributed by atoms with Crippen molar-refractivity contribution in [2.75, 3.05) is 45.9 Å². The second-order valence-corrected chi connectivity index (χ2v) is 7.07. The number of hydrogen-bond acceptors (Lipinski definition) is 3. The van der Waals surface area contributed by atoms with E-state index >= 15 is 0 Å². The summed E-state index contributed by atoms with van der Waals surface area (Å²) in [5.74, 6) is 0.930. The smallest absolute Gasteiger partial charge is 0.191 e. The summed E-state index contributed by atoms with van der Waals surface area (Å²) in [5, 5.41) is 6.86. The lowest BCUT2D eigenvalue weighted by Crippen LogP contribution is -2.54. The summed E-state index contributed by atoms with van der Waals surface area (Å²) in [6.45, 7) is 9.84. The number of guanidine groups is 1. The Morgan fingerprint density at radius 2 is 1.84 bits per heavy atom. The van der Waals surface area contributed by atoms with Gasteiger partial charge in [-0.15, -0.1) is 0 Å². The first kappa shape index (κ1) is 18.3. The molecular weight excluding hydrogens is 314 g/mol. The number of nitrogens with zero attached hydrogens (tertiary/aromatic N) is 3. The van der Waals surface area contributed by atoms with Crippen molar-refractivity contribution >= 4 is 5.96 Å². The number of aliphatic imine (C=N–C) groups is 1. The zero-order valence-electron chi connectivity index (χ0n) is 15.5. The molecule has 2 fully saturated rings. The summed E-state index contributed by atoms with van der Waals surface area (Å²) >= 11 is 0. The lowest BCUT2D eigenvalue weighted by molar-refractivity contribution is -0.0139. The molecule has 25 heavy (non-hydrogen) atoms. The first-order chi connectivity index (χ1) is 12.3. The highest BCUT2D eigenvalue weighted by molar-refractivity contribution is 5.79. The minimum absolute atomic E-state index is 0.192. The molecule has 6 heteroatoms. The van der Waals surface area contributed by atoms with E-state index in [1.807, 2.05) is 0 Å². The molecule has 0 spiro atoms. The quantitative estimate of drug-likeness (QED) is 0.582. The average Bonchev–Trinajstić information content (AvgIpc) is 3.34. The molecule has 0 amide bonds. The molecule has 0 saturated carbocycles. The normalized spacial score (nSPS) is 21.4. The molecule has 0 aromatic carbocycles. The number of likely N-dealkylation sites (tertiary alicyclic amines) is 1. The molecule has 3 heterocycles. The van der Waals surface area contributed by atoms with Crippen LogP contribution in [0.3, 0.4) is 0 Å². The average molecular weight is 348 g/mol. The van der Waals surface area contributed by atoms with Gasteiger partial charge in [0.25, 0.3) is 0 Å². The van der Waals surface area contributed by atoms with Crippen LogP contribution in [0.15, 0.2) is 29.5 Å². The van der Waals surface area contributed by atoms with Crippen molar-refractivity contribution in [2.45, 2.75) is 44.7 Å². The first-order valence-corrected chi connectivity index (χ1v) is 9.78. The van der Waals surface area contributed by atoms with Crippen molar-refractivity contribution < 1.29 is 4.74 Å². The lowest BCUT2D eigenvalue weighted by atomic mass is 9.88. The van der Waals surface area contributed by atoms with E-state index in [0.29, 0.717) is 0 Å². The lowest BCUT2D eigenvalue weighted by Gasteiger charge is -2.43. The number of rotatable bonds is 7. The van der Waals surface area contributed by atoms with Gasteiger partial charge in [-0.1, -0.05) is 0 Å².